The molecule has 1 N–H and O–H groups in total. The van der Waals surface area contributed by atoms with Gasteiger partial charge in [-0.1, -0.05) is 25.7 Å². The second-order valence-corrected chi connectivity index (χ2v) is 8.33. The quantitative estimate of drug-likeness (QED) is 0.600. The number of carbonyl (C=O) groups is 3. The fourth-order valence-corrected chi connectivity index (χ4v) is 5.36. The highest BCUT2D eigenvalue weighted by Gasteiger charge is 2.46. The Labute approximate surface area is 154 Å². The summed E-state index contributed by atoms with van der Waals surface area (Å²) in [5.41, 5.74) is 1.36. The highest BCUT2D eigenvalue weighted by molar-refractivity contribution is 6.27. The Kier molecular flexibility index (Phi) is 4.45. The first-order valence-corrected chi connectivity index (χ1v) is 9.95. The molecule has 4 atom stereocenters. The van der Waals surface area contributed by atoms with Crippen LogP contribution in [0.25, 0.3) is 0 Å². The van der Waals surface area contributed by atoms with Gasteiger partial charge in [0.2, 0.25) is 0 Å². The Morgan fingerprint density at radius 1 is 0.808 bits per heavy atom. The largest absolute Gasteiger partial charge is 0.511 e. The molecule has 4 rings (SSSR count). The van der Waals surface area contributed by atoms with Gasteiger partial charge in [0.15, 0.2) is 17.3 Å². The molecule has 0 aromatic heterocycles. The molecule has 0 saturated heterocycles. The number of ketones is 3. The molecule has 4 aliphatic carbocycles. The predicted molar refractivity (Wildman–Crippen MR) is 97.4 cm³/mol. The predicted octanol–water partition coefficient (Wildman–Crippen LogP) is 4.02. The van der Waals surface area contributed by atoms with Crippen LogP contribution >= 0.6 is 0 Å². The summed E-state index contributed by atoms with van der Waals surface area (Å²) in [4.78, 5) is 37.9. The van der Waals surface area contributed by atoms with E-state index >= 15 is 0 Å². The minimum Gasteiger partial charge on any atom is -0.511 e. The molecule has 0 spiro atoms. The van der Waals surface area contributed by atoms with Crippen molar-refractivity contribution in [2.45, 2.75) is 58.3 Å². The Morgan fingerprint density at radius 2 is 1.27 bits per heavy atom. The molecule has 0 radical (unpaired) electrons. The van der Waals surface area contributed by atoms with E-state index < -0.39 is 0 Å². The van der Waals surface area contributed by atoms with Crippen molar-refractivity contribution in [1.29, 1.82) is 0 Å². The number of fused-ring (bicyclic) bond motifs is 2. The Morgan fingerprint density at radius 3 is 1.77 bits per heavy atom. The van der Waals surface area contributed by atoms with Gasteiger partial charge in [-0.3, -0.25) is 14.4 Å². The van der Waals surface area contributed by atoms with E-state index in [1.54, 1.807) is 19.1 Å². The smallest absolute Gasteiger partial charge is 0.170 e. The minimum absolute atomic E-state index is 0.0164. The number of allylic oxidation sites excluding steroid dienone is 6. The van der Waals surface area contributed by atoms with E-state index in [0.29, 0.717) is 16.7 Å². The van der Waals surface area contributed by atoms with E-state index in [0.717, 1.165) is 51.4 Å². The van der Waals surface area contributed by atoms with Gasteiger partial charge in [-0.2, -0.15) is 0 Å². The van der Waals surface area contributed by atoms with Gasteiger partial charge < -0.3 is 5.11 Å². The third-order valence-electron chi connectivity index (χ3n) is 6.71. The maximum atomic E-state index is 12.6. The number of rotatable bonds is 2. The van der Waals surface area contributed by atoms with Crippen LogP contribution in [-0.4, -0.2) is 22.5 Å². The number of hydrogen-bond acceptors (Lipinski definition) is 4. The topological polar surface area (TPSA) is 71.4 Å². The van der Waals surface area contributed by atoms with Crippen LogP contribution in [0.5, 0.6) is 0 Å². The van der Waals surface area contributed by atoms with Crippen molar-refractivity contribution in [2.24, 2.45) is 23.7 Å². The number of aliphatic hydroxyl groups is 1. The first kappa shape index (κ1) is 17.4. The van der Waals surface area contributed by atoms with E-state index in [1.807, 2.05) is 0 Å². The van der Waals surface area contributed by atoms with Crippen LogP contribution in [0.2, 0.25) is 0 Å². The van der Waals surface area contributed by atoms with Gasteiger partial charge in [-0.05, 0) is 50.3 Å². The molecule has 3 fully saturated rings. The SMILES string of the molecule is CC(=CC1=C(O)C2CCCCC2C1=O)C=C1C(=O)C2CCCCC2C1=O. The maximum absolute atomic E-state index is 12.6. The lowest BCUT2D eigenvalue weighted by Crippen LogP contribution is -2.21. The summed E-state index contributed by atoms with van der Waals surface area (Å²) >= 11 is 0. The zero-order valence-electron chi connectivity index (χ0n) is 15.3. The van der Waals surface area contributed by atoms with Gasteiger partial charge in [0.05, 0.1) is 11.1 Å². The second kappa shape index (κ2) is 6.64. The first-order valence-electron chi connectivity index (χ1n) is 9.95. The fourth-order valence-electron chi connectivity index (χ4n) is 5.36. The van der Waals surface area contributed by atoms with Crippen LogP contribution in [0.3, 0.4) is 0 Å². The van der Waals surface area contributed by atoms with E-state index in [9.17, 15) is 19.5 Å². The highest BCUT2D eigenvalue weighted by Crippen LogP contribution is 2.44. The summed E-state index contributed by atoms with van der Waals surface area (Å²) in [5, 5.41) is 10.5. The number of carbonyl (C=O) groups excluding carboxylic acids is 3. The zero-order chi connectivity index (χ0) is 18.4. The minimum atomic E-state index is -0.140. The van der Waals surface area contributed by atoms with Gasteiger partial charge in [0.25, 0.3) is 0 Å². The third-order valence-corrected chi connectivity index (χ3v) is 6.71. The molecule has 0 heterocycles. The molecule has 26 heavy (non-hydrogen) atoms. The lowest BCUT2D eigenvalue weighted by atomic mass is 9.80. The molecule has 0 aromatic carbocycles. The second-order valence-electron chi connectivity index (χ2n) is 8.33. The summed E-state index contributed by atoms with van der Waals surface area (Å²) in [6.07, 6.45) is 10.7. The van der Waals surface area contributed by atoms with Crippen LogP contribution in [0.4, 0.5) is 0 Å². The molecular weight excluding hydrogens is 328 g/mol. The zero-order valence-corrected chi connectivity index (χ0v) is 15.3. The molecule has 138 valence electrons. The Hall–Kier alpha value is -1.97. The average Bonchev–Trinajstić information content (AvgIpc) is 3.03. The lowest BCUT2D eigenvalue weighted by molar-refractivity contribution is -0.120. The van der Waals surface area contributed by atoms with E-state index in [2.05, 4.69) is 0 Å². The summed E-state index contributed by atoms with van der Waals surface area (Å²) in [6, 6.07) is 0. The molecule has 4 heteroatoms. The van der Waals surface area contributed by atoms with E-state index in [-0.39, 0.29) is 46.8 Å². The van der Waals surface area contributed by atoms with Crippen molar-refractivity contribution in [2.75, 3.05) is 0 Å². The van der Waals surface area contributed by atoms with Crippen molar-refractivity contribution >= 4 is 17.3 Å². The van der Waals surface area contributed by atoms with Gasteiger partial charge in [-0.25, -0.2) is 0 Å². The van der Waals surface area contributed by atoms with E-state index in [1.165, 1.54) is 0 Å². The fraction of sp³-hybridized carbons (Fsp3) is 0.591. The molecule has 4 nitrogen and oxygen atoms in total. The standard InChI is InChI=1S/C22H26O4/c1-12(10-17-19(23)13-6-2-3-7-14(13)20(17)24)11-18-21(25)15-8-4-5-9-16(15)22(18)26/h10-11,13-16,23H,2-9H2,1H3. The molecule has 0 aromatic rings. The number of Topliss-reactive ketones (excluding diaryl/α,β-unsaturated/α-hetero) is 3. The van der Waals surface area contributed by atoms with Crippen LogP contribution < -0.4 is 0 Å². The van der Waals surface area contributed by atoms with Crippen LogP contribution in [-0.2, 0) is 14.4 Å². The van der Waals surface area contributed by atoms with E-state index in [4.69, 9.17) is 0 Å². The monoisotopic (exact) mass is 354 g/mol. The molecule has 4 aliphatic rings. The number of hydrogen-bond donors (Lipinski definition) is 1. The number of aliphatic hydroxyl groups excluding tert-OH is 1. The summed E-state index contributed by atoms with van der Waals surface area (Å²) in [6.45, 7) is 1.80. The Balaban J connectivity index is 1.61. The molecular formula is C22H26O4. The first-order chi connectivity index (χ1) is 12.5. The summed E-state index contributed by atoms with van der Waals surface area (Å²) in [7, 11) is 0. The van der Waals surface area contributed by atoms with Gasteiger partial charge in [0.1, 0.15) is 5.76 Å². The Bertz CT molecular complexity index is 741. The molecule has 0 amide bonds. The van der Waals surface area contributed by atoms with Crippen molar-refractivity contribution in [1.82, 2.24) is 0 Å². The molecule has 3 saturated carbocycles. The van der Waals surface area contributed by atoms with Crippen LogP contribution in [0.1, 0.15) is 58.3 Å². The highest BCUT2D eigenvalue weighted by atomic mass is 16.3. The summed E-state index contributed by atoms with van der Waals surface area (Å²) in [5.74, 6) is -0.251. The third kappa shape index (κ3) is 2.70. The van der Waals surface area contributed by atoms with Crippen molar-refractivity contribution in [3.05, 3.63) is 34.6 Å². The summed E-state index contributed by atoms with van der Waals surface area (Å²) < 4.78 is 0. The van der Waals surface area contributed by atoms with Crippen molar-refractivity contribution in [3.63, 3.8) is 0 Å². The van der Waals surface area contributed by atoms with Gasteiger partial charge >= 0.3 is 0 Å². The maximum Gasteiger partial charge on any atom is 0.170 e. The van der Waals surface area contributed by atoms with Crippen LogP contribution in [0, 0.1) is 23.7 Å². The van der Waals surface area contributed by atoms with Crippen molar-refractivity contribution in [3.8, 4) is 0 Å². The van der Waals surface area contributed by atoms with Gasteiger partial charge in [-0.15, -0.1) is 0 Å². The van der Waals surface area contributed by atoms with Crippen molar-refractivity contribution < 1.29 is 19.5 Å². The molecule has 4 unspecified atom stereocenters. The van der Waals surface area contributed by atoms with Gasteiger partial charge in [0, 0.05) is 23.7 Å². The normalized spacial score (nSPS) is 35.0. The van der Waals surface area contributed by atoms with Crippen LogP contribution in [0.15, 0.2) is 34.6 Å². The molecule has 0 bridgehead atoms. The average molecular weight is 354 g/mol. The molecule has 0 aliphatic heterocycles. The lowest BCUT2D eigenvalue weighted by Gasteiger charge is -2.23.